The molecule has 0 unspecified atom stereocenters. The van der Waals surface area contributed by atoms with Crippen LogP contribution in [0.3, 0.4) is 0 Å². The lowest BCUT2D eigenvalue weighted by atomic mass is 10.1. The Bertz CT molecular complexity index is 737. The number of furan rings is 1. The normalized spacial score (nSPS) is 24.1. The number of aromatic nitrogens is 1. The van der Waals surface area contributed by atoms with Crippen molar-refractivity contribution in [3.8, 4) is 0 Å². The number of rotatable bonds is 3. The van der Waals surface area contributed by atoms with E-state index in [1.54, 1.807) is 30.7 Å². The maximum absolute atomic E-state index is 12.7. The van der Waals surface area contributed by atoms with Crippen LogP contribution in [0.1, 0.15) is 16.1 Å². The lowest BCUT2D eigenvalue weighted by Crippen LogP contribution is -2.34. The number of hydrogen-bond acceptors (Lipinski definition) is 5. The third-order valence-electron chi connectivity index (χ3n) is 4.82. The van der Waals surface area contributed by atoms with Crippen molar-refractivity contribution >= 4 is 17.5 Å². The predicted molar refractivity (Wildman–Crippen MR) is 92.4 cm³/mol. The molecule has 7 heteroatoms. The maximum Gasteiger partial charge on any atom is 0.272 e. The Balaban J connectivity index is 1.42. The first-order chi connectivity index (χ1) is 12.2. The zero-order valence-corrected chi connectivity index (χ0v) is 14.6. The number of hydrogen-bond donors (Lipinski definition) is 0. The fourth-order valence-corrected chi connectivity index (χ4v) is 3.77. The van der Waals surface area contributed by atoms with Crippen molar-refractivity contribution in [2.45, 2.75) is 12.6 Å². The van der Waals surface area contributed by atoms with Gasteiger partial charge in [-0.15, -0.1) is 0 Å². The number of pyridine rings is 1. The highest BCUT2D eigenvalue weighted by Gasteiger charge is 2.39. The van der Waals surface area contributed by atoms with Gasteiger partial charge in [0, 0.05) is 44.2 Å². The van der Waals surface area contributed by atoms with Gasteiger partial charge in [-0.2, -0.15) is 0 Å². The molecule has 0 spiro atoms. The lowest BCUT2D eigenvalue weighted by Gasteiger charge is -2.22. The third kappa shape index (κ3) is 3.71. The molecule has 0 bridgehead atoms. The molecule has 0 radical (unpaired) electrons. The molecule has 2 aliphatic heterocycles. The highest BCUT2D eigenvalue weighted by Crippen LogP contribution is 2.25. The minimum Gasteiger partial charge on any atom is -0.472 e. The number of fused-ring (bicyclic) bond motifs is 1. The molecule has 4 rings (SSSR count). The Morgan fingerprint density at radius 3 is 3.00 bits per heavy atom. The van der Waals surface area contributed by atoms with Crippen molar-refractivity contribution in [1.29, 1.82) is 0 Å². The van der Waals surface area contributed by atoms with Gasteiger partial charge in [-0.25, -0.2) is 4.98 Å². The molecule has 1 amide bonds. The minimum atomic E-state index is -0.0828. The first-order valence-corrected chi connectivity index (χ1v) is 8.84. The van der Waals surface area contributed by atoms with Crippen molar-refractivity contribution in [2.24, 2.45) is 5.92 Å². The van der Waals surface area contributed by atoms with E-state index in [0.717, 1.165) is 25.2 Å². The maximum atomic E-state index is 12.7. The first-order valence-electron chi connectivity index (χ1n) is 8.46. The summed E-state index contributed by atoms with van der Waals surface area (Å²) in [6, 6.07) is 7.11. The summed E-state index contributed by atoms with van der Waals surface area (Å²) in [7, 11) is 0. The summed E-state index contributed by atoms with van der Waals surface area (Å²) in [5.41, 5.74) is 1.55. The molecule has 0 N–H and O–H groups in total. The number of carbonyl (C=O) groups excluding carboxylic acids is 1. The monoisotopic (exact) mass is 361 g/mol. The van der Waals surface area contributed by atoms with Gasteiger partial charge in [-0.1, -0.05) is 17.7 Å². The van der Waals surface area contributed by atoms with Crippen LogP contribution in [0.15, 0.2) is 41.2 Å². The van der Waals surface area contributed by atoms with Crippen LogP contribution >= 0.6 is 11.6 Å². The Kier molecular flexibility index (Phi) is 4.74. The number of amides is 1. The second-order valence-electron chi connectivity index (χ2n) is 6.59. The number of likely N-dealkylation sites (tertiary alicyclic amines) is 1. The van der Waals surface area contributed by atoms with Crippen molar-refractivity contribution in [2.75, 3.05) is 32.8 Å². The van der Waals surface area contributed by atoms with Crippen LogP contribution in [0.5, 0.6) is 0 Å². The summed E-state index contributed by atoms with van der Waals surface area (Å²) < 4.78 is 11.2. The van der Waals surface area contributed by atoms with E-state index in [9.17, 15) is 4.79 Å². The average molecular weight is 362 g/mol. The van der Waals surface area contributed by atoms with Crippen LogP contribution in [0.2, 0.25) is 5.15 Å². The van der Waals surface area contributed by atoms with E-state index in [-0.39, 0.29) is 12.0 Å². The van der Waals surface area contributed by atoms with E-state index < -0.39 is 0 Å². The van der Waals surface area contributed by atoms with Crippen LogP contribution in [-0.2, 0) is 11.3 Å². The number of carbonyl (C=O) groups is 1. The Morgan fingerprint density at radius 1 is 1.28 bits per heavy atom. The van der Waals surface area contributed by atoms with Gasteiger partial charge in [0.15, 0.2) is 0 Å². The topological polar surface area (TPSA) is 58.8 Å². The van der Waals surface area contributed by atoms with Crippen LogP contribution < -0.4 is 0 Å². The van der Waals surface area contributed by atoms with Crippen molar-refractivity contribution in [1.82, 2.24) is 14.8 Å². The predicted octanol–water partition coefficient (Wildman–Crippen LogP) is 2.30. The van der Waals surface area contributed by atoms with E-state index in [2.05, 4.69) is 9.88 Å². The van der Waals surface area contributed by atoms with E-state index in [4.69, 9.17) is 20.8 Å². The molecule has 0 aliphatic carbocycles. The summed E-state index contributed by atoms with van der Waals surface area (Å²) in [6.07, 6.45) is 3.55. The van der Waals surface area contributed by atoms with Gasteiger partial charge >= 0.3 is 0 Å². The summed E-state index contributed by atoms with van der Waals surface area (Å²) in [5.74, 6) is 0.220. The third-order valence-corrected chi connectivity index (χ3v) is 5.03. The summed E-state index contributed by atoms with van der Waals surface area (Å²) in [5, 5.41) is 0.335. The van der Waals surface area contributed by atoms with Gasteiger partial charge in [-0.05, 0) is 18.2 Å². The quantitative estimate of drug-likeness (QED) is 0.785. The van der Waals surface area contributed by atoms with E-state index >= 15 is 0 Å². The van der Waals surface area contributed by atoms with Crippen molar-refractivity contribution in [3.63, 3.8) is 0 Å². The molecule has 6 nitrogen and oxygen atoms in total. The zero-order valence-electron chi connectivity index (χ0n) is 13.8. The van der Waals surface area contributed by atoms with Gasteiger partial charge in [0.05, 0.1) is 25.2 Å². The van der Waals surface area contributed by atoms with E-state index in [1.165, 1.54) is 0 Å². The largest absolute Gasteiger partial charge is 0.472 e. The second kappa shape index (κ2) is 7.15. The highest BCUT2D eigenvalue weighted by atomic mass is 35.5. The SMILES string of the molecule is O=C(c1cccc(Cl)n1)N1C[C@@H]2CN(Cc3ccoc3)CCO[C@@H]2C1. The molecule has 132 valence electrons. The second-order valence-corrected chi connectivity index (χ2v) is 6.98. The fraction of sp³-hybridized carbons (Fsp3) is 0.444. The Labute approximate surface area is 151 Å². The standard InChI is InChI=1S/C18H20ClN3O3/c19-17-3-1-2-15(20-17)18(23)22-10-14-9-21(5-7-25-16(14)11-22)8-13-4-6-24-12-13/h1-4,6,12,14,16H,5,7-11H2/t14-,16+/m0/s1. The fourth-order valence-electron chi connectivity index (χ4n) is 3.60. The lowest BCUT2D eigenvalue weighted by molar-refractivity contribution is 0.0482. The average Bonchev–Trinajstić information content (AvgIpc) is 3.21. The van der Waals surface area contributed by atoms with E-state index in [0.29, 0.717) is 36.5 Å². The van der Waals surface area contributed by atoms with Gasteiger partial charge in [0.1, 0.15) is 10.8 Å². The molecule has 2 fully saturated rings. The molecular formula is C18H20ClN3O3. The first kappa shape index (κ1) is 16.6. The summed E-state index contributed by atoms with van der Waals surface area (Å²) in [6.45, 7) is 4.60. The van der Waals surface area contributed by atoms with Crippen LogP contribution in [-0.4, -0.2) is 59.6 Å². The molecule has 2 aromatic heterocycles. The number of halogens is 1. The summed E-state index contributed by atoms with van der Waals surface area (Å²) >= 11 is 5.90. The van der Waals surface area contributed by atoms with Gasteiger partial charge < -0.3 is 14.1 Å². The number of ether oxygens (including phenoxy) is 1. The molecule has 0 aromatic carbocycles. The van der Waals surface area contributed by atoms with Gasteiger partial charge in [0.25, 0.3) is 5.91 Å². The highest BCUT2D eigenvalue weighted by molar-refractivity contribution is 6.29. The summed E-state index contributed by atoms with van der Waals surface area (Å²) in [4.78, 5) is 21.0. The Morgan fingerprint density at radius 2 is 2.20 bits per heavy atom. The molecule has 25 heavy (non-hydrogen) atoms. The van der Waals surface area contributed by atoms with Crippen LogP contribution in [0.4, 0.5) is 0 Å². The van der Waals surface area contributed by atoms with Crippen molar-refractivity contribution in [3.05, 3.63) is 53.2 Å². The van der Waals surface area contributed by atoms with Crippen LogP contribution in [0, 0.1) is 5.92 Å². The molecule has 0 saturated carbocycles. The molecule has 2 atom stereocenters. The smallest absolute Gasteiger partial charge is 0.272 e. The zero-order chi connectivity index (χ0) is 17.2. The number of nitrogens with zero attached hydrogens (tertiary/aromatic N) is 3. The van der Waals surface area contributed by atoms with Gasteiger partial charge in [0.2, 0.25) is 0 Å². The van der Waals surface area contributed by atoms with Crippen molar-refractivity contribution < 1.29 is 13.9 Å². The molecule has 2 saturated heterocycles. The molecular weight excluding hydrogens is 342 g/mol. The van der Waals surface area contributed by atoms with E-state index in [1.807, 2.05) is 11.0 Å². The van der Waals surface area contributed by atoms with Gasteiger partial charge in [-0.3, -0.25) is 9.69 Å². The van der Waals surface area contributed by atoms with Crippen LogP contribution in [0.25, 0.3) is 0 Å². The minimum absolute atomic E-state index is 0.0810. The molecule has 2 aliphatic rings. The molecule has 2 aromatic rings. The molecule has 4 heterocycles. The Hall–Kier alpha value is -1.89.